The summed E-state index contributed by atoms with van der Waals surface area (Å²) < 4.78 is 27.1. The van der Waals surface area contributed by atoms with Gasteiger partial charge in [0.2, 0.25) is 5.78 Å². The molecule has 1 spiro atoms. The summed E-state index contributed by atoms with van der Waals surface area (Å²) >= 11 is 0. The lowest BCUT2D eigenvalue weighted by atomic mass is 9.75. The van der Waals surface area contributed by atoms with Gasteiger partial charge in [-0.05, 0) is 19.3 Å². The van der Waals surface area contributed by atoms with Crippen molar-refractivity contribution in [3.05, 3.63) is 0 Å². The number of carbonyl (C=O) groups is 2. The van der Waals surface area contributed by atoms with Gasteiger partial charge in [-0.3, -0.25) is 4.79 Å². The summed E-state index contributed by atoms with van der Waals surface area (Å²) in [5, 5.41) is 8.78. The number of amides is 1. The average molecular weight is 247 g/mol. The molecular weight excluding hydrogens is 232 g/mol. The lowest BCUT2D eigenvalue weighted by molar-refractivity contribution is -0.150. The van der Waals surface area contributed by atoms with Crippen molar-refractivity contribution in [1.29, 1.82) is 0 Å². The first kappa shape index (κ1) is 12.3. The van der Waals surface area contributed by atoms with E-state index in [1.807, 2.05) is 0 Å². The molecule has 1 saturated carbocycles. The van der Waals surface area contributed by atoms with Gasteiger partial charge in [-0.2, -0.15) is 8.78 Å². The smallest absolute Gasteiger partial charge is 0.407 e. The zero-order valence-corrected chi connectivity index (χ0v) is 9.58. The third-order valence-electron chi connectivity index (χ3n) is 4.09. The summed E-state index contributed by atoms with van der Waals surface area (Å²) in [6.45, 7) is 1.73. The third-order valence-corrected chi connectivity index (χ3v) is 4.09. The highest BCUT2D eigenvalue weighted by atomic mass is 19.3. The topological polar surface area (TPSA) is 57.6 Å². The van der Waals surface area contributed by atoms with Crippen LogP contribution in [0, 0.1) is 11.3 Å². The molecule has 4 nitrogen and oxygen atoms in total. The molecule has 0 aromatic heterocycles. The van der Waals surface area contributed by atoms with E-state index in [0.29, 0.717) is 0 Å². The summed E-state index contributed by atoms with van der Waals surface area (Å²) in [7, 11) is 0. The highest BCUT2D eigenvalue weighted by Gasteiger charge is 2.62. The molecule has 1 atom stereocenters. The van der Waals surface area contributed by atoms with E-state index in [2.05, 4.69) is 0 Å². The maximum atomic E-state index is 13.5. The van der Waals surface area contributed by atoms with Crippen LogP contribution in [0.15, 0.2) is 0 Å². The van der Waals surface area contributed by atoms with Gasteiger partial charge in [0.25, 0.3) is 0 Å². The number of halogens is 2. The molecule has 0 bridgehead atoms. The van der Waals surface area contributed by atoms with E-state index >= 15 is 0 Å². The molecule has 6 heteroatoms. The molecule has 2 rings (SSSR count). The third kappa shape index (κ3) is 1.70. The fourth-order valence-electron chi connectivity index (χ4n) is 2.94. The van der Waals surface area contributed by atoms with Crippen molar-refractivity contribution in [3.8, 4) is 0 Å². The van der Waals surface area contributed by atoms with E-state index in [4.69, 9.17) is 5.11 Å². The van der Waals surface area contributed by atoms with E-state index < -0.39 is 29.1 Å². The van der Waals surface area contributed by atoms with Crippen LogP contribution in [0.25, 0.3) is 0 Å². The summed E-state index contributed by atoms with van der Waals surface area (Å²) in [4.78, 5) is 23.7. The molecule has 17 heavy (non-hydrogen) atoms. The Morgan fingerprint density at radius 3 is 2.29 bits per heavy atom. The molecule has 1 aliphatic carbocycles. The molecule has 0 unspecified atom stereocenters. The van der Waals surface area contributed by atoms with Gasteiger partial charge < -0.3 is 10.0 Å². The van der Waals surface area contributed by atoms with E-state index in [1.165, 1.54) is 11.8 Å². The Labute approximate surface area is 97.6 Å². The van der Waals surface area contributed by atoms with Crippen molar-refractivity contribution in [2.24, 2.45) is 11.3 Å². The maximum Gasteiger partial charge on any atom is 0.407 e. The molecule has 1 saturated heterocycles. The number of hydrogen-bond donors (Lipinski definition) is 1. The standard InChI is InChI=1S/C11H15F2NO3/c1-7-6-10(8(15)11(7,12)13)2-4-14(5-3-10)9(16)17/h7H,2-6H2,1H3,(H,16,17)/t7-/m1/s1. The zero-order chi connectivity index (χ0) is 12.8. The number of Topliss-reactive ketones (excluding diaryl/α,β-unsaturated/α-hetero) is 1. The molecule has 2 aliphatic rings. The molecule has 2 fully saturated rings. The molecular formula is C11H15F2NO3. The van der Waals surface area contributed by atoms with Crippen molar-refractivity contribution >= 4 is 11.9 Å². The van der Waals surface area contributed by atoms with Gasteiger partial charge >= 0.3 is 12.0 Å². The Kier molecular flexibility index (Phi) is 2.63. The SMILES string of the molecule is C[C@@H]1CC2(CCN(C(=O)O)CC2)C(=O)C1(F)F. The highest BCUT2D eigenvalue weighted by molar-refractivity contribution is 5.94. The molecule has 0 aromatic rings. The van der Waals surface area contributed by atoms with Crippen LogP contribution < -0.4 is 0 Å². The summed E-state index contributed by atoms with van der Waals surface area (Å²) in [6, 6.07) is 0. The second-order valence-electron chi connectivity index (χ2n) is 5.11. The Balaban J connectivity index is 2.14. The molecule has 1 aliphatic heterocycles. The number of hydrogen-bond acceptors (Lipinski definition) is 2. The first-order chi connectivity index (χ1) is 7.79. The van der Waals surface area contributed by atoms with Gasteiger partial charge in [0.1, 0.15) is 0 Å². The Morgan fingerprint density at radius 2 is 1.94 bits per heavy atom. The maximum absolute atomic E-state index is 13.5. The normalized spacial score (nSPS) is 30.9. The van der Waals surface area contributed by atoms with E-state index in [1.54, 1.807) is 0 Å². The number of carbonyl (C=O) groups excluding carboxylic acids is 1. The van der Waals surface area contributed by atoms with Crippen molar-refractivity contribution in [1.82, 2.24) is 4.90 Å². The van der Waals surface area contributed by atoms with Crippen LogP contribution in [0.1, 0.15) is 26.2 Å². The van der Waals surface area contributed by atoms with Gasteiger partial charge in [-0.15, -0.1) is 0 Å². The Hall–Kier alpha value is -1.20. The quantitative estimate of drug-likeness (QED) is 0.712. The first-order valence-electron chi connectivity index (χ1n) is 5.70. The number of nitrogens with zero attached hydrogens (tertiary/aromatic N) is 1. The van der Waals surface area contributed by atoms with Crippen LogP contribution in [0.3, 0.4) is 0 Å². The van der Waals surface area contributed by atoms with Crippen molar-refractivity contribution in [2.75, 3.05) is 13.1 Å². The lowest BCUT2D eigenvalue weighted by Gasteiger charge is -2.36. The molecule has 1 N–H and O–H groups in total. The number of piperidine rings is 1. The Morgan fingerprint density at radius 1 is 1.41 bits per heavy atom. The second kappa shape index (κ2) is 3.65. The molecule has 96 valence electrons. The lowest BCUT2D eigenvalue weighted by Crippen LogP contribution is -2.46. The predicted octanol–water partition coefficient (Wildman–Crippen LogP) is 1.99. The number of alkyl halides is 2. The van der Waals surface area contributed by atoms with E-state index in [-0.39, 0.29) is 32.4 Å². The molecule has 0 aromatic carbocycles. The fraction of sp³-hybridized carbons (Fsp3) is 0.818. The minimum absolute atomic E-state index is 0.171. The number of carboxylic acid groups (broad SMARTS) is 1. The monoisotopic (exact) mass is 247 g/mol. The summed E-state index contributed by atoms with van der Waals surface area (Å²) in [6.07, 6.45) is -0.437. The van der Waals surface area contributed by atoms with Crippen LogP contribution >= 0.6 is 0 Å². The van der Waals surface area contributed by atoms with Crippen LogP contribution in [0.4, 0.5) is 13.6 Å². The van der Waals surface area contributed by atoms with Gasteiger partial charge in [-0.1, -0.05) is 6.92 Å². The van der Waals surface area contributed by atoms with Crippen LogP contribution in [-0.4, -0.2) is 40.9 Å². The summed E-state index contributed by atoms with van der Waals surface area (Å²) in [5.41, 5.74) is -0.991. The van der Waals surface area contributed by atoms with Crippen LogP contribution in [0.2, 0.25) is 0 Å². The minimum atomic E-state index is -3.24. The highest BCUT2D eigenvalue weighted by Crippen LogP contribution is 2.52. The first-order valence-corrected chi connectivity index (χ1v) is 5.70. The van der Waals surface area contributed by atoms with Crippen LogP contribution in [-0.2, 0) is 4.79 Å². The van der Waals surface area contributed by atoms with Gasteiger partial charge in [0, 0.05) is 24.4 Å². The molecule has 1 heterocycles. The van der Waals surface area contributed by atoms with Crippen molar-refractivity contribution in [2.45, 2.75) is 32.1 Å². The fourth-order valence-corrected chi connectivity index (χ4v) is 2.94. The zero-order valence-electron chi connectivity index (χ0n) is 9.58. The van der Waals surface area contributed by atoms with Gasteiger partial charge in [0.05, 0.1) is 0 Å². The van der Waals surface area contributed by atoms with E-state index in [0.717, 1.165) is 0 Å². The average Bonchev–Trinajstić information content (AvgIpc) is 2.42. The number of likely N-dealkylation sites (tertiary alicyclic amines) is 1. The number of rotatable bonds is 0. The van der Waals surface area contributed by atoms with Crippen LogP contribution in [0.5, 0.6) is 0 Å². The van der Waals surface area contributed by atoms with Crippen molar-refractivity contribution < 1.29 is 23.5 Å². The Bertz CT molecular complexity index is 362. The van der Waals surface area contributed by atoms with E-state index in [9.17, 15) is 18.4 Å². The molecule has 0 radical (unpaired) electrons. The predicted molar refractivity (Wildman–Crippen MR) is 55.0 cm³/mol. The summed E-state index contributed by atoms with van der Waals surface area (Å²) in [5.74, 6) is -5.17. The van der Waals surface area contributed by atoms with Crippen molar-refractivity contribution in [3.63, 3.8) is 0 Å². The minimum Gasteiger partial charge on any atom is -0.465 e. The largest absolute Gasteiger partial charge is 0.465 e. The molecule has 1 amide bonds. The van der Waals surface area contributed by atoms with Gasteiger partial charge in [0.15, 0.2) is 0 Å². The number of ketones is 1. The van der Waals surface area contributed by atoms with Gasteiger partial charge in [-0.25, -0.2) is 4.79 Å². The second-order valence-corrected chi connectivity index (χ2v) is 5.11.